The molecule has 3 heterocycles. The molecule has 0 radical (unpaired) electrons. The van der Waals surface area contributed by atoms with Crippen molar-refractivity contribution in [2.45, 2.75) is 20.0 Å². The van der Waals surface area contributed by atoms with Crippen molar-refractivity contribution in [1.29, 1.82) is 0 Å². The van der Waals surface area contributed by atoms with Crippen LogP contribution in [0.15, 0.2) is 36.8 Å². The summed E-state index contributed by atoms with van der Waals surface area (Å²) in [6, 6.07) is 5.84. The number of pyridine rings is 2. The van der Waals surface area contributed by atoms with Gasteiger partial charge in [0.25, 0.3) is 0 Å². The molecule has 0 aliphatic carbocycles. The molecule has 0 aromatic carbocycles. The van der Waals surface area contributed by atoms with Gasteiger partial charge in [0.1, 0.15) is 17.1 Å². The predicted octanol–water partition coefficient (Wildman–Crippen LogP) is 3.42. The van der Waals surface area contributed by atoms with Crippen LogP contribution in [0.25, 0.3) is 16.9 Å². The number of hydrogen-bond acceptors (Lipinski definition) is 4. The van der Waals surface area contributed by atoms with Crippen molar-refractivity contribution >= 4 is 5.65 Å². The van der Waals surface area contributed by atoms with E-state index in [4.69, 9.17) is 9.47 Å². The van der Waals surface area contributed by atoms with Gasteiger partial charge >= 0.3 is 0 Å². The first-order chi connectivity index (χ1) is 10.6. The second kappa shape index (κ2) is 5.77. The highest BCUT2D eigenvalue weighted by Gasteiger charge is 2.16. The zero-order chi connectivity index (χ0) is 15.7. The predicted molar refractivity (Wildman–Crippen MR) is 85.1 cm³/mol. The van der Waals surface area contributed by atoms with Gasteiger partial charge in [-0.25, -0.2) is 4.98 Å². The Morgan fingerprint density at radius 3 is 2.77 bits per heavy atom. The van der Waals surface area contributed by atoms with E-state index in [1.165, 1.54) is 0 Å². The highest BCUT2D eigenvalue weighted by atomic mass is 16.5. The fourth-order valence-electron chi connectivity index (χ4n) is 2.57. The van der Waals surface area contributed by atoms with Gasteiger partial charge in [-0.3, -0.25) is 4.98 Å². The minimum atomic E-state index is -0.0565. The van der Waals surface area contributed by atoms with Crippen LogP contribution < -0.4 is 4.74 Å². The first-order valence-corrected chi connectivity index (χ1v) is 7.15. The highest BCUT2D eigenvalue weighted by Crippen LogP contribution is 2.31. The Hall–Kier alpha value is -2.40. The zero-order valence-corrected chi connectivity index (χ0v) is 13.2. The van der Waals surface area contributed by atoms with Gasteiger partial charge in [0.15, 0.2) is 0 Å². The Labute approximate surface area is 129 Å². The Bertz CT molecular complexity index is 811. The lowest BCUT2D eigenvalue weighted by Crippen LogP contribution is -2.02. The summed E-state index contributed by atoms with van der Waals surface area (Å²) >= 11 is 0. The maximum Gasteiger partial charge on any atom is 0.145 e. The highest BCUT2D eigenvalue weighted by molar-refractivity contribution is 5.69. The van der Waals surface area contributed by atoms with E-state index in [-0.39, 0.29) is 6.10 Å². The maximum atomic E-state index is 5.50. The van der Waals surface area contributed by atoms with Crippen molar-refractivity contribution in [2.24, 2.45) is 0 Å². The summed E-state index contributed by atoms with van der Waals surface area (Å²) in [7, 11) is 3.35. The molecule has 0 fully saturated rings. The van der Waals surface area contributed by atoms with Gasteiger partial charge in [0.05, 0.1) is 18.9 Å². The normalized spacial score (nSPS) is 12.5. The number of aromatic nitrogens is 3. The minimum absolute atomic E-state index is 0.0565. The average Bonchev–Trinajstić information content (AvgIpc) is 2.93. The molecular weight excluding hydrogens is 278 g/mol. The van der Waals surface area contributed by atoms with Crippen LogP contribution in [0.3, 0.4) is 0 Å². The number of rotatable bonds is 4. The van der Waals surface area contributed by atoms with Crippen molar-refractivity contribution in [1.82, 2.24) is 14.4 Å². The number of aryl methyl sites for hydroxylation is 1. The number of imidazole rings is 1. The van der Waals surface area contributed by atoms with Crippen LogP contribution in [-0.2, 0) is 4.74 Å². The van der Waals surface area contributed by atoms with Crippen LogP contribution in [0, 0.1) is 6.92 Å². The molecule has 0 spiro atoms. The fraction of sp³-hybridized carbons (Fsp3) is 0.294. The Morgan fingerprint density at radius 1 is 1.23 bits per heavy atom. The van der Waals surface area contributed by atoms with E-state index < -0.39 is 0 Å². The number of methoxy groups -OCH3 is 2. The van der Waals surface area contributed by atoms with E-state index in [9.17, 15) is 0 Å². The van der Waals surface area contributed by atoms with Gasteiger partial charge in [-0.2, -0.15) is 0 Å². The molecule has 3 rings (SSSR count). The molecule has 5 nitrogen and oxygen atoms in total. The van der Waals surface area contributed by atoms with Crippen LogP contribution in [0.5, 0.6) is 5.75 Å². The standard InChI is InChI=1S/C17H19N3O2/c1-11-9-20-10-13(16-15(22-4)6-5-7-18-16)8-14(12(2)21-3)17(20)19-11/h5-10,12H,1-4H3/t12-/m1/s1. The lowest BCUT2D eigenvalue weighted by Gasteiger charge is -2.14. The van der Waals surface area contributed by atoms with Crippen molar-refractivity contribution in [3.05, 3.63) is 48.0 Å². The molecule has 3 aromatic heterocycles. The van der Waals surface area contributed by atoms with E-state index in [0.717, 1.165) is 33.9 Å². The largest absolute Gasteiger partial charge is 0.494 e. The van der Waals surface area contributed by atoms with Gasteiger partial charge in [-0.15, -0.1) is 0 Å². The summed E-state index contributed by atoms with van der Waals surface area (Å²) in [5, 5.41) is 0. The molecule has 0 unspecified atom stereocenters. The van der Waals surface area contributed by atoms with E-state index in [2.05, 4.69) is 16.0 Å². The molecule has 5 heteroatoms. The molecule has 0 N–H and O–H groups in total. The SMILES string of the molecule is COc1cccnc1-c1cc([C@@H](C)OC)c2nc(C)cn2c1. The molecular formula is C17H19N3O2. The van der Waals surface area contributed by atoms with Gasteiger partial charge in [-0.1, -0.05) is 0 Å². The zero-order valence-electron chi connectivity index (χ0n) is 13.2. The van der Waals surface area contributed by atoms with Crippen LogP contribution >= 0.6 is 0 Å². The van der Waals surface area contributed by atoms with Crippen molar-refractivity contribution in [2.75, 3.05) is 14.2 Å². The Balaban J connectivity index is 2.26. The van der Waals surface area contributed by atoms with E-state index in [1.807, 2.05) is 42.8 Å². The molecule has 0 aliphatic heterocycles. The van der Waals surface area contributed by atoms with Gasteiger partial charge in [0, 0.05) is 36.8 Å². The summed E-state index contributed by atoms with van der Waals surface area (Å²) in [5.41, 5.74) is 4.69. The van der Waals surface area contributed by atoms with Crippen LogP contribution in [0.1, 0.15) is 24.3 Å². The third kappa shape index (κ3) is 2.44. The number of hydrogen-bond donors (Lipinski definition) is 0. The Morgan fingerprint density at radius 2 is 2.05 bits per heavy atom. The average molecular weight is 297 g/mol. The third-order valence-corrected chi connectivity index (χ3v) is 3.76. The smallest absolute Gasteiger partial charge is 0.145 e. The van der Waals surface area contributed by atoms with Crippen LogP contribution in [-0.4, -0.2) is 28.6 Å². The van der Waals surface area contributed by atoms with Crippen molar-refractivity contribution < 1.29 is 9.47 Å². The quantitative estimate of drug-likeness (QED) is 0.740. The topological polar surface area (TPSA) is 48.7 Å². The monoisotopic (exact) mass is 297 g/mol. The molecule has 1 atom stereocenters. The Kier molecular flexibility index (Phi) is 3.81. The van der Waals surface area contributed by atoms with Crippen molar-refractivity contribution in [3.8, 4) is 17.0 Å². The molecule has 22 heavy (non-hydrogen) atoms. The van der Waals surface area contributed by atoms with Gasteiger partial charge in [-0.05, 0) is 32.0 Å². The minimum Gasteiger partial charge on any atom is -0.494 e. The summed E-state index contributed by atoms with van der Waals surface area (Å²) in [6.07, 6.45) is 5.73. The summed E-state index contributed by atoms with van der Waals surface area (Å²) in [4.78, 5) is 9.05. The molecule has 114 valence electrons. The van der Waals surface area contributed by atoms with Gasteiger partial charge < -0.3 is 13.9 Å². The van der Waals surface area contributed by atoms with E-state index >= 15 is 0 Å². The van der Waals surface area contributed by atoms with Crippen LogP contribution in [0.4, 0.5) is 0 Å². The van der Waals surface area contributed by atoms with Crippen LogP contribution in [0.2, 0.25) is 0 Å². The first-order valence-electron chi connectivity index (χ1n) is 7.15. The molecule has 0 saturated carbocycles. The van der Waals surface area contributed by atoms with E-state index in [1.54, 1.807) is 20.4 Å². The maximum absolute atomic E-state index is 5.50. The second-order valence-corrected chi connectivity index (χ2v) is 5.23. The third-order valence-electron chi connectivity index (χ3n) is 3.76. The summed E-state index contributed by atoms with van der Waals surface area (Å²) in [5.74, 6) is 0.745. The number of nitrogens with zero attached hydrogens (tertiary/aromatic N) is 3. The summed E-state index contributed by atoms with van der Waals surface area (Å²) < 4.78 is 12.9. The molecule has 0 aliphatic rings. The van der Waals surface area contributed by atoms with Gasteiger partial charge in [0.2, 0.25) is 0 Å². The lowest BCUT2D eigenvalue weighted by atomic mass is 10.1. The summed E-state index contributed by atoms with van der Waals surface area (Å²) in [6.45, 7) is 3.99. The van der Waals surface area contributed by atoms with Crippen molar-refractivity contribution in [3.63, 3.8) is 0 Å². The lowest BCUT2D eigenvalue weighted by molar-refractivity contribution is 0.120. The second-order valence-electron chi connectivity index (χ2n) is 5.23. The number of ether oxygens (including phenoxy) is 2. The molecule has 0 saturated heterocycles. The molecule has 0 amide bonds. The molecule has 3 aromatic rings. The first kappa shape index (κ1) is 14.5. The molecule has 0 bridgehead atoms. The fourth-order valence-corrected chi connectivity index (χ4v) is 2.57. The van der Waals surface area contributed by atoms with E-state index in [0.29, 0.717) is 0 Å². The number of fused-ring (bicyclic) bond motifs is 1.